The molecule has 7 nitrogen and oxygen atoms in total. The number of carbonyl (C=O) groups is 2. The molecule has 196 valence electrons. The Morgan fingerprint density at radius 3 is 2.21 bits per heavy atom. The molecule has 7 heteroatoms. The average molecular weight is 520 g/mol. The minimum Gasteiger partial charge on any atom is -0.477 e. The maximum absolute atomic E-state index is 14.6. The number of aromatic carboxylic acids is 1. The van der Waals surface area contributed by atoms with Gasteiger partial charge in [-0.15, -0.1) is 0 Å². The van der Waals surface area contributed by atoms with E-state index in [1.165, 1.54) is 4.57 Å². The maximum atomic E-state index is 14.6. The summed E-state index contributed by atoms with van der Waals surface area (Å²) >= 11 is 0. The monoisotopic (exact) mass is 519 g/mol. The lowest BCUT2D eigenvalue weighted by Crippen LogP contribution is -2.43. The number of fused-ring (bicyclic) bond motifs is 3. The summed E-state index contributed by atoms with van der Waals surface area (Å²) in [6.45, 7) is 0. The van der Waals surface area contributed by atoms with E-state index < -0.39 is 17.6 Å². The van der Waals surface area contributed by atoms with Gasteiger partial charge in [0, 0.05) is 17.0 Å². The van der Waals surface area contributed by atoms with Gasteiger partial charge in [0.2, 0.25) is 5.91 Å². The molecule has 0 bridgehead atoms. The van der Waals surface area contributed by atoms with Crippen LogP contribution < -0.4 is 10.9 Å². The average Bonchev–Trinajstić information content (AvgIpc) is 3.38. The van der Waals surface area contributed by atoms with E-state index in [9.17, 15) is 19.5 Å². The van der Waals surface area contributed by atoms with Crippen molar-refractivity contribution in [1.29, 1.82) is 0 Å². The fourth-order valence-electron chi connectivity index (χ4n) is 5.93. The molecule has 1 unspecified atom stereocenters. The van der Waals surface area contributed by atoms with Gasteiger partial charge < -0.3 is 15.4 Å². The number of carboxylic acids is 1. The van der Waals surface area contributed by atoms with Gasteiger partial charge in [0.05, 0.1) is 16.4 Å². The summed E-state index contributed by atoms with van der Waals surface area (Å²) in [5, 5.41) is 14.3. The molecule has 39 heavy (non-hydrogen) atoms. The summed E-state index contributed by atoms with van der Waals surface area (Å²) in [7, 11) is 0. The van der Waals surface area contributed by atoms with Crippen LogP contribution in [-0.2, 0) is 4.79 Å². The SMILES string of the molecule is O=C(O)c1[nH]c2c(c1-c1ccccc1)c(=O)n(C(C(=O)NC1CCCCC1)c1ccccc1)c1ccccc21. The number of amides is 1. The molecule has 1 atom stereocenters. The number of carboxylic acid groups (broad SMARTS) is 1. The Morgan fingerprint density at radius 1 is 0.872 bits per heavy atom. The van der Waals surface area contributed by atoms with Crippen molar-refractivity contribution < 1.29 is 14.7 Å². The zero-order valence-electron chi connectivity index (χ0n) is 21.4. The number of hydrogen-bond donors (Lipinski definition) is 3. The van der Waals surface area contributed by atoms with E-state index in [0.29, 0.717) is 33.1 Å². The molecule has 1 amide bonds. The predicted octanol–water partition coefficient (Wildman–Crippen LogP) is 5.89. The second-order valence-electron chi connectivity index (χ2n) is 10.1. The van der Waals surface area contributed by atoms with Gasteiger partial charge in [-0.2, -0.15) is 0 Å². The van der Waals surface area contributed by atoms with Crippen LogP contribution in [0.2, 0.25) is 0 Å². The summed E-state index contributed by atoms with van der Waals surface area (Å²) < 4.78 is 1.54. The number of hydrogen-bond acceptors (Lipinski definition) is 3. The number of carbonyl (C=O) groups excluding carboxylic acids is 1. The molecular weight excluding hydrogens is 490 g/mol. The topological polar surface area (TPSA) is 104 Å². The molecule has 1 saturated carbocycles. The largest absolute Gasteiger partial charge is 0.477 e. The minimum absolute atomic E-state index is 0.0564. The molecule has 5 aromatic rings. The second kappa shape index (κ2) is 10.3. The zero-order valence-corrected chi connectivity index (χ0v) is 21.4. The number of aromatic amines is 1. The van der Waals surface area contributed by atoms with E-state index in [4.69, 9.17) is 0 Å². The number of pyridine rings is 1. The van der Waals surface area contributed by atoms with Gasteiger partial charge in [0.15, 0.2) is 0 Å². The van der Waals surface area contributed by atoms with Crippen LogP contribution in [0.4, 0.5) is 0 Å². The van der Waals surface area contributed by atoms with Crippen LogP contribution in [0.5, 0.6) is 0 Å². The molecule has 1 aliphatic carbocycles. The summed E-state index contributed by atoms with van der Waals surface area (Å²) in [4.78, 5) is 44.0. The highest BCUT2D eigenvalue weighted by Crippen LogP contribution is 2.35. The summed E-state index contributed by atoms with van der Waals surface area (Å²) in [5.41, 5.74) is 2.15. The fraction of sp³-hybridized carbons (Fsp3) is 0.219. The Bertz CT molecular complexity index is 1730. The highest BCUT2D eigenvalue weighted by molar-refractivity contribution is 6.14. The van der Waals surface area contributed by atoms with Gasteiger partial charge >= 0.3 is 5.97 Å². The molecule has 1 aliphatic rings. The van der Waals surface area contributed by atoms with Crippen LogP contribution in [-0.4, -0.2) is 32.6 Å². The molecule has 0 saturated heterocycles. The highest BCUT2D eigenvalue weighted by Gasteiger charge is 2.31. The Hall–Kier alpha value is -4.65. The number of nitrogens with zero attached hydrogens (tertiary/aromatic N) is 1. The Morgan fingerprint density at radius 2 is 1.51 bits per heavy atom. The quantitative estimate of drug-likeness (QED) is 0.260. The smallest absolute Gasteiger partial charge is 0.352 e. The lowest BCUT2D eigenvalue weighted by Gasteiger charge is -2.27. The van der Waals surface area contributed by atoms with Crippen molar-refractivity contribution in [2.75, 3.05) is 0 Å². The third-order valence-electron chi connectivity index (χ3n) is 7.72. The number of rotatable bonds is 6. The Balaban J connectivity index is 1.67. The van der Waals surface area contributed by atoms with Gasteiger partial charge in [-0.1, -0.05) is 98.1 Å². The number of aromatic nitrogens is 2. The first kappa shape index (κ1) is 24.7. The Kier molecular flexibility index (Phi) is 6.49. The third kappa shape index (κ3) is 4.40. The molecule has 0 radical (unpaired) electrons. The lowest BCUT2D eigenvalue weighted by atomic mass is 9.94. The molecule has 2 heterocycles. The number of benzene rings is 3. The normalized spacial score (nSPS) is 14.9. The number of nitrogens with one attached hydrogen (secondary N) is 2. The first-order chi connectivity index (χ1) is 19.0. The molecule has 2 aromatic heterocycles. The molecule has 1 fully saturated rings. The van der Waals surface area contributed by atoms with Crippen LogP contribution in [0.15, 0.2) is 89.7 Å². The zero-order chi connectivity index (χ0) is 26.9. The van der Waals surface area contributed by atoms with Gasteiger partial charge in [0.1, 0.15) is 11.7 Å². The van der Waals surface area contributed by atoms with Gasteiger partial charge in [0.25, 0.3) is 5.56 Å². The first-order valence-corrected chi connectivity index (χ1v) is 13.4. The van der Waals surface area contributed by atoms with Crippen LogP contribution >= 0.6 is 0 Å². The van der Waals surface area contributed by atoms with Gasteiger partial charge in [-0.25, -0.2) is 4.79 Å². The van der Waals surface area contributed by atoms with Crippen LogP contribution in [0.25, 0.3) is 32.9 Å². The second-order valence-corrected chi connectivity index (χ2v) is 10.1. The molecule has 0 spiro atoms. The summed E-state index contributed by atoms with van der Waals surface area (Å²) in [6.07, 6.45) is 5.13. The van der Waals surface area contributed by atoms with E-state index in [0.717, 1.165) is 32.1 Å². The minimum atomic E-state index is -1.16. The summed E-state index contributed by atoms with van der Waals surface area (Å²) in [6, 6.07) is 24.8. The van der Waals surface area contributed by atoms with E-state index in [-0.39, 0.29) is 23.0 Å². The van der Waals surface area contributed by atoms with Crippen LogP contribution in [0.3, 0.4) is 0 Å². The molecular formula is C32H29N3O4. The molecule has 3 N–H and O–H groups in total. The molecule has 0 aliphatic heterocycles. The van der Waals surface area contributed by atoms with E-state index in [1.54, 1.807) is 12.1 Å². The van der Waals surface area contributed by atoms with Crippen molar-refractivity contribution in [1.82, 2.24) is 14.9 Å². The summed E-state index contributed by atoms with van der Waals surface area (Å²) in [5.74, 6) is -1.40. The van der Waals surface area contributed by atoms with Gasteiger partial charge in [-0.05, 0) is 30.0 Å². The van der Waals surface area contributed by atoms with E-state index in [2.05, 4.69) is 10.3 Å². The van der Waals surface area contributed by atoms with Gasteiger partial charge in [-0.3, -0.25) is 14.2 Å². The molecule has 6 rings (SSSR count). The predicted molar refractivity (Wildman–Crippen MR) is 152 cm³/mol. The first-order valence-electron chi connectivity index (χ1n) is 13.4. The fourth-order valence-corrected chi connectivity index (χ4v) is 5.93. The lowest BCUT2D eigenvalue weighted by molar-refractivity contribution is -0.124. The van der Waals surface area contributed by atoms with Crippen LogP contribution in [0, 0.1) is 0 Å². The molecule has 3 aromatic carbocycles. The Labute approximate surface area is 225 Å². The van der Waals surface area contributed by atoms with Crippen molar-refractivity contribution in [2.24, 2.45) is 0 Å². The number of para-hydroxylation sites is 1. The number of H-pyrrole nitrogens is 1. The van der Waals surface area contributed by atoms with E-state index >= 15 is 0 Å². The van der Waals surface area contributed by atoms with Crippen molar-refractivity contribution in [3.63, 3.8) is 0 Å². The maximum Gasteiger partial charge on any atom is 0.352 e. The standard InChI is InChI=1S/C32H29N3O4/c36-30(33-22-16-8-3-9-17-22)29(21-14-6-2-7-15-21)35-24-19-11-10-18-23(24)27-26(31(35)37)25(28(34-27)32(38)39)20-12-4-1-5-13-20/h1-2,4-7,10-15,18-19,22,29,34H,3,8-9,16-17H2,(H,33,36)(H,38,39). The van der Waals surface area contributed by atoms with E-state index in [1.807, 2.05) is 72.8 Å². The third-order valence-corrected chi connectivity index (χ3v) is 7.72. The highest BCUT2D eigenvalue weighted by atomic mass is 16.4. The van der Waals surface area contributed by atoms with Crippen molar-refractivity contribution >= 4 is 33.7 Å². The van der Waals surface area contributed by atoms with Crippen molar-refractivity contribution in [3.05, 3.63) is 107 Å². The van der Waals surface area contributed by atoms with Crippen LogP contribution in [0.1, 0.15) is 54.2 Å². The van der Waals surface area contributed by atoms with Crippen molar-refractivity contribution in [3.8, 4) is 11.1 Å². The van der Waals surface area contributed by atoms with Crippen molar-refractivity contribution in [2.45, 2.75) is 44.2 Å².